The zero-order chi connectivity index (χ0) is 57.2. The smallest absolute Gasteiger partial charge is 0.124 e. The van der Waals surface area contributed by atoms with E-state index in [1.807, 2.05) is 0 Å². The Morgan fingerprint density at radius 1 is 0.233 bits per heavy atom. The first-order valence-corrected chi connectivity index (χ1v) is 31.0. The van der Waals surface area contributed by atoms with Crippen LogP contribution >= 0.6 is 22.7 Å². The van der Waals surface area contributed by atoms with Gasteiger partial charge in [0.25, 0.3) is 0 Å². The zero-order valence-corrected chi connectivity index (χ0v) is 49.1. The third-order valence-electron chi connectivity index (χ3n) is 17.0. The van der Waals surface area contributed by atoms with Gasteiger partial charge in [0.1, 0.15) is 10.0 Å². The summed E-state index contributed by atoms with van der Waals surface area (Å²) in [7, 11) is 0. The summed E-state index contributed by atoms with van der Waals surface area (Å²) < 4.78 is 2.39. The van der Waals surface area contributed by atoms with Gasteiger partial charge in [0.05, 0.1) is 20.4 Å². The first kappa shape index (κ1) is 51.3. The van der Waals surface area contributed by atoms with Crippen LogP contribution in [0.2, 0.25) is 0 Å². The molecule has 0 aliphatic rings. The number of fused-ring (bicyclic) bond motifs is 5. The van der Waals surface area contributed by atoms with Crippen molar-refractivity contribution < 1.29 is 0 Å². The summed E-state index contributed by atoms with van der Waals surface area (Å²) >= 11 is 3.51. The number of benzene rings is 14. The molecule has 86 heavy (non-hydrogen) atoms. The highest BCUT2D eigenvalue weighted by molar-refractivity contribution is 7.22. The summed E-state index contributed by atoms with van der Waals surface area (Å²) in [5.74, 6) is 0. The fourth-order valence-corrected chi connectivity index (χ4v) is 15.2. The summed E-state index contributed by atoms with van der Waals surface area (Å²) in [5, 5.41) is 9.10. The van der Waals surface area contributed by atoms with Crippen LogP contribution in [0.4, 0.5) is 0 Å². The Hall–Kier alpha value is -10.4. The molecule has 0 radical (unpaired) electrons. The molecule has 0 aliphatic heterocycles. The van der Waals surface area contributed by atoms with E-state index in [1.54, 1.807) is 22.7 Å². The van der Waals surface area contributed by atoms with Crippen LogP contribution in [0.1, 0.15) is 11.1 Å². The average molecular weight is 1130 g/mol. The fraction of sp³-hybridized carbons (Fsp3) is 0.0244. The van der Waals surface area contributed by atoms with Crippen molar-refractivity contribution in [3.05, 3.63) is 302 Å². The zero-order valence-electron chi connectivity index (χ0n) is 47.4. The molecule has 14 aromatic carbocycles. The number of rotatable bonds is 10. The van der Waals surface area contributed by atoms with Crippen LogP contribution in [0, 0.1) is 13.8 Å². The molecule has 0 spiro atoms. The molecule has 2 heterocycles. The van der Waals surface area contributed by atoms with Gasteiger partial charge in [-0.1, -0.05) is 243 Å². The van der Waals surface area contributed by atoms with Crippen molar-refractivity contribution in [2.75, 3.05) is 0 Å². The Labute approximate surface area is 508 Å². The third-order valence-corrected chi connectivity index (χ3v) is 19.2. The van der Waals surface area contributed by atoms with Gasteiger partial charge in [0, 0.05) is 11.1 Å². The molecule has 0 bridgehead atoms. The third kappa shape index (κ3) is 9.01. The summed E-state index contributed by atoms with van der Waals surface area (Å²) in [6.07, 6.45) is 0. The van der Waals surface area contributed by atoms with Crippen LogP contribution in [0.25, 0.3) is 163 Å². The van der Waals surface area contributed by atoms with Crippen molar-refractivity contribution in [3.8, 4) is 110 Å². The van der Waals surface area contributed by atoms with Gasteiger partial charge < -0.3 is 0 Å². The lowest BCUT2D eigenvalue weighted by atomic mass is 9.75. The number of aromatic nitrogens is 2. The molecular formula is C82H54N2S2. The summed E-state index contributed by atoms with van der Waals surface area (Å²) in [4.78, 5) is 10.4. The maximum Gasteiger partial charge on any atom is 0.124 e. The number of hydrogen-bond acceptors (Lipinski definition) is 4. The standard InChI is InChI=1S/C82H54N2S2/c1-51-33-43-71-73(45-51)85-81(83-71)61-39-35-59(36-40-61)77-69-49-65(55-25-13-5-14-26-55)66(56-27-15-6-16-28-56)50-70(69)78(60-37-41-62(42-38-60)82-84-72-44-34-52(2)46-74(72)86-82)80-76(58-31-19-8-20-32-58)68-48-64(54-23-11-4-12-24-54)63(53-21-9-3-10-22-53)47-67(68)75(79(77)80)57-29-17-7-18-30-57/h3-50H,1-2H3. The van der Waals surface area contributed by atoms with Crippen LogP contribution < -0.4 is 0 Å². The minimum atomic E-state index is 1.01. The molecule has 0 saturated carbocycles. The second kappa shape index (κ2) is 21.4. The van der Waals surface area contributed by atoms with Gasteiger partial charge in [-0.2, -0.15) is 0 Å². The summed E-state index contributed by atoms with van der Waals surface area (Å²) in [6, 6.07) is 108. The van der Waals surface area contributed by atoms with Crippen LogP contribution in [0.3, 0.4) is 0 Å². The van der Waals surface area contributed by atoms with Crippen molar-refractivity contribution in [2.24, 2.45) is 0 Å². The second-order valence-corrected chi connectivity index (χ2v) is 24.5. The predicted molar refractivity (Wildman–Crippen MR) is 369 cm³/mol. The molecule has 404 valence electrons. The molecule has 2 nitrogen and oxygen atoms in total. The Morgan fingerprint density at radius 3 is 0.756 bits per heavy atom. The normalized spacial score (nSPS) is 11.6. The number of thiazole rings is 2. The lowest BCUT2D eigenvalue weighted by molar-refractivity contribution is 1.45. The fourth-order valence-electron chi connectivity index (χ4n) is 13.0. The molecule has 0 unspecified atom stereocenters. The molecule has 0 aliphatic carbocycles. The maximum absolute atomic E-state index is 5.21. The van der Waals surface area contributed by atoms with Crippen LogP contribution in [-0.4, -0.2) is 9.97 Å². The highest BCUT2D eigenvalue weighted by Gasteiger charge is 2.29. The van der Waals surface area contributed by atoms with Crippen molar-refractivity contribution in [3.63, 3.8) is 0 Å². The Bertz CT molecular complexity index is 4900. The van der Waals surface area contributed by atoms with Crippen molar-refractivity contribution >= 4 is 75.4 Å². The Morgan fingerprint density at radius 2 is 0.477 bits per heavy atom. The molecule has 0 amide bonds. The Balaban J connectivity index is 1.13. The van der Waals surface area contributed by atoms with E-state index >= 15 is 0 Å². The summed E-state index contributed by atoms with van der Waals surface area (Å²) in [6.45, 7) is 4.31. The topological polar surface area (TPSA) is 25.8 Å². The molecule has 0 saturated heterocycles. The van der Waals surface area contributed by atoms with Crippen LogP contribution in [-0.2, 0) is 0 Å². The minimum absolute atomic E-state index is 1.01. The van der Waals surface area contributed by atoms with E-state index in [2.05, 4.69) is 305 Å². The van der Waals surface area contributed by atoms with E-state index in [1.165, 1.54) is 97.4 Å². The number of hydrogen-bond donors (Lipinski definition) is 0. The lowest BCUT2D eigenvalue weighted by Crippen LogP contribution is -2.00. The van der Waals surface area contributed by atoms with Crippen molar-refractivity contribution in [1.29, 1.82) is 0 Å². The molecule has 16 rings (SSSR count). The first-order valence-electron chi connectivity index (χ1n) is 29.4. The Kier molecular flexibility index (Phi) is 12.7. The van der Waals surface area contributed by atoms with E-state index in [4.69, 9.17) is 9.97 Å². The highest BCUT2D eigenvalue weighted by atomic mass is 32.1. The molecular weight excluding hydrogens is 1080 g/mol. The number of nitrogens with zero attached hydrogens (tertiary/aromatic N) is 2. The van der Waals surface area contributed by atoms with Crippen LogP contribution in [0.5, 0.6) is 0 Å². The van der Waals surface area contributed by atoms with E-state index in [-0.39, 0.29) is 0 Å². The molecule has 4 heteroatoms. The highest BCUT2D eigenvalue weighted by Crippen LogP contribution is 2.56. The predicted octanol–water partition coefficient (Wildman–Crippen LogP) is 23.7. The second-order valence-electron chi connectivity index (χ2n) is 22.5. The van der Waals surface area contributed by atoms with Gasteiger partial charge in [0.15, 0.2) is 0 Å². The molecule has 0 fully saturated rings. The summed E-state index contributed by atoms with van der Waals surface area (Å²) in [5.41, 5.74) is 25.3. The maximum atomic E-state index is 5.21. The molecule has 0 atom stereocenters. The van der Waals surface area contributed by atoms with E-state index in [0.717, 1.165) is 76.7 Å². The SMILES string of the molecule is Cc1ccc2nc(-c3ccc(-c4c5cc(-c6ccccc6)c(-c6ccccc6)cc5c(-c5ccc(-c6nc7ccc(C)cc7s6)cc5)c5c(-c6ccccc6)c6cc(-c7ccccc7)c(-c7ccccc7)cc6c(-c6ccccc6)c45)cc3)sc2c1. The van der Waals surface area contributed by atoms with Gasteiger partial charge in [-0.3, -0.25) is 0 Å². The minimum Gasteiger partial charge on any atom is -0.236 e. The quantitative estimate of drug-likeness (QED) is 0.128. The first-order chi connectivity index (χ1) is 42.5. The van der Waals surface area contributed by atoms with Gasteiger partial charge in [0.2, 0.25) is 0 Å². The van der Waals surface area contributed by atoms with E-state index < -0.39 is 0 Å². The average Bonchev–Trinajstić information content (AvgIpc) is 0.875. The molecule has 16 aromatic rings. The molecule has 0 N–H and O–H groups in total. The van der Waals surface area contributed by atoms with E-state index in [0.29, 0.717) is 0 Å². The van der Waals surface area contributed by atoms with Crippen molar-refractivity contribution in [1.82, 2.24) is 9.97 Å². The van der Waals surface area contributed by atoms with Gasteiger partial charge in [-0.05, 0) is 195 Å². The van der Waals surface area contributed by atoms with Crippen molar-refractivity contribution in [2.45, 2.75) is 13.8 Å². The largest absolute Gasteiger partial charge is 0.236 e. The van der Waals surface area contributed by atoms with Gasteiger partial charge >= 0.3 is 0 Å². The number of aryl methyl sites for hydroxylation is 2. The van der Waals surface area contributed by atoms with Gasteiger partial charge in [-0.25, -0.2) is 9.97 Å². The van der Waals surface area contributed by atoms with E-state index in [9.17, 15) is 0 Å². The van der Waals surface area contributed by atoms with Crippen LogP contribution in [0.15, 0.2) is 291 Å². The lowest BCUT2D eigenvalue weighted by Gasteiger charge is -2.27. The van der Waals surface area contributed by atoms with Gasteiger partial charge in [-0.15, -0.1) is 22.7 Å². The molecule has 2 aromatic heterocycles. The monoisotopic (exact) mass is 1130 g/mol.